The molecule has 0 saturated carbocycles. The van der Waals surface area contributed by atoms with E-state index in [0.29, 0.717) is 6.04 Å². The highest BCUT2D eigenvalue weighted by molar-refractivity contribution is 5.37. The zero-order valence-electron chi connectivity index (χ0n) is 14.2. The molecule has 1 heterocycles. The highest BCUT2D eigenvalue weighted by Crippen LogP contribution is 2.36. The molecule has 3 heteroatoms. The summed E-state index contributed by atoms with van der Waals surface area (Å²) in [5.41, 5.74) is 4.31. The van der Waals surface area contributed by atoms with Crippen LogP contribution in [-0.4, -0.2) is 43.8 Å². The summed E-state index contributed by atoms with van der Waals surface area (Å²) in [6.07, 6.45) is 1.12. The molecule has 21 heavy (non-hydrogen) atoms. The van der Waals surface area contributed by atoms with Crippen molar-refractivity contribution in [3.05, 3.63) is 34.9 Å². The lowest BCUT2D eigenvalue weighted by molar-refractivity contribution is -0.0320. The van der Waals surface area contributed by atoms with E-state index < -0.39 is 0 Å². The second-order valence-electron chi connectivity index (χ2n) is 6.32. The standard InChI is InChI=1S/C18H30N2O/c1-6-18(4,20-10-12-21-13-11-20)17(19-5)16-9-7-8-14(2)15(16)3/h7-9,17,19H,6,10-13H2,1-5H3. The summed E-state index contributed by atoms with van der Waals surface area (Å²) in [4.78, 5) is 2.60. The Morgan fingerprint density at radius 3 is 2.52 bits per heavy atom. The number of benzene rings is 1. The van der Waals surface area contributed by atoms with E-state index in [4.69, 9.17) is 4.74 Å². The Balaban J connectivity index is 2.38. The van der Waals surface area contributed by atoms with Crippen LogP contribution in [0.2, 0.25) is 0 Å². The Kier molecular flexibility index (Phi) is 5.42. The van der Waals surface area contributed by atoms with Crippen LogP contribution in [0.1, 0.15) is 43.0 Å². The van der Waals surface area contributed by atoms with Crippen LogP contribution >= 0.6 is 0 Å². The summed E-state index contributed by atoms with van der Waals surface area (Å²) in [7, 11) is 2.08. The molecule has 0 bridgehead atoms. The molecule has 3 nitrogen and oxygen atoms in total. The Labute approximate surface area is 129 Å². The van der Waals surface area contributed by atoms with Crippen molar-refractivity contribution in [2.75, 3.05) is 33.4 Å². The van der Waals surface area contributed by atoms with Crippen molar-refractivity contribution in [2.24, 2.45) is 0 Å². The van der Waals surface area contributed by atoms with Gasteiger partial charge in [-0.1, -0.05) is 25.1 Å². The van der Waals surface area contributed by atoms with Crippen LogP contribution in [0.25, 0.3) is 0 Å². The summed E-state index contributed by atoms with van der Waals surface area (Å²) in [6.45, 7) is 12.9. The maximum Gasteiger partial charge on any atom is 0.0594 e. The van der Waals surface area contributed by atoms with Gasteiger partial charge in [0.1, 0.15) is 0 Å². The van der Waals surface area contributed by atoms with Gasteiger partial charge in [0, 0.05) is 18.6 Å². The topological polar surface area (TPSA) is 24.5 Å². The first-order chi connectivity index (χ1) is 10.0. The summed E-state index contributed by atoms with van der Waals surface area (Å²) in [5, 5.41) is 3.59. The minimum absolute atomic E-state index is 0.108. The van der Waals surface area contributed by atoms with Gasteiger partial charge in [0.15, 0.2) is 0 Å². The second-order valence-corrected chi connectivity index (χ2v) is 6.32. The van der Waals surface area contributed by atoms with Gasteiger partial charge in [-0.3, -0.25) is 4.90 Å². The molecular formula is C18H30N2O. The molecule has 1 aromatic rings. The van der Waals surface area contributed by atoms with Crippen molar-refractivity contribution in [1.29, 1.82) is 0 Å². The van der Waals surface area contributed by atoms with Gasteiger partial charge in [-0.25, -0.2) is 0 Å². The predicted octanol–water partition coefficient (Wildman–Crippen LogP) is 3.06. The fourth-order valence-corrected chi connectivity index (χ4v) is 3.57. The van der Waals surface area contributed by atoms with E-state index >= 15 is 0 Å². The minimum Gasteiger partial charge on any atom is -0.379 e. The van der Waals surface area contributed by atoms with Crippen molar-refractivity contribution >= 4 is 0 Å². The normalized spacial score (nSPS) is 21.0. The number of hydrogen-bond donors (Lipinski definition) is 1. The van der Waals surface area contributed by atoms with Crippen molar-refractivity contribution in [1.82, 2.24) is 10.2 Å². The average molecular weight is 290 g/mol. The van der Waals surface area contributed by atoms with E-state index in [1.54, 1.807) is 0 Å². The molecule has 0 aromatic heterocycles. The first-order valence-electron chi connectivity index (χ1n) is 8.10. The zero-order chi connectivity index (χ0) is 15.5. The largest absolute Gasteiger partial charge is 0.379 e. The lowest BCUT2D eigenvalue weighted by atomic mass is 9.80. The van der Waals surface area contributed by atoms with Gasteiger partial charge in [-0.05, 0) is 50.9 Å². The summed E-state index contributed by atoms with van der Waals surface area (Å²) < 4.78 is 5.54. The zero-order valence-corrected chi connectivity index (χ0v) is 14.2. The number of nitrogens with one attached hydrogen (secondary N) is 1. The van der Waals surface area contributed by atoms with Crippen molar-refractivity contribution in [3.63, 3.8) is 0 Å². The lowest BCUT2D eigenvalue weighted by Gasteiger charge is -2.48. The Hall–Kier alpha value is -0.900. The lowest BCUT2D eigenvalue weighted by Crippen LogP contribution is -2.57. The van der Waals surface area contributed by atoms with E-state index in [-0.39, 0.29) is 5.54 Å². The van der Waals surface area contributed by atoms with Gasteiger partial charge in [-0.2, -0.15) is 0 Å². The molecule has 1 saturated heterocycles. The highest BCUT2D eigenvalue weighted by Gasteiger charge is 2.39. The molecule has 1 aliphatic heterocycles. The van der Waals surface area contributed by atoms with Crippen LogP contribution in [0.5, 0.6) is 0 Å². The predicted molar refractivity (Wildman–Crippen MR) is 88.8 cm³/mol. The summed E-state index contributed by atoms with van der Waals surface area (Å²) in [6, 6.07) is 6.99. The molecule has 1 aliphatic rings. The molecule has 2 rings (SSSR count). The van der Waals surface area contributed by atoms with Crippen LogP contribution in [-0.2, 0) is 4.74 Å². The monoisotopic (exact) mass is 290 g/mol. The van der Waals surface area contributed by atoms with Crippen LogP contribution in [0.15, 0.2) is 18.2 Å². The fourth-order valence-electron chi connectivity index (χ4n) is 3.57. The third-order valence-corrected chi connectivity index (χ3v) is 5.32. The van der Waals surface area contributed by atoms with Crippen LogP contribution in [0.3, 0.4) is 0 Å². The van der Waals surface area contributed by atoms with Gasteiger partial charge >= 0.3 is 0 Å². The number of rotatable bonds is 5. The third kappa shape index (κ3) is 3.15. The van der Waals surface area contributed by atoms with Gasteiger partial charge in [0.05, 0.1) is 19.3 Å². The molecule has 1 N–H and O–H groups in total. The van der Waals surface area contributed by atoms with Crippen LogP contribution < -0.4 is 5.32 Å². The number of nitrogens with zero attached hydrogens (tertiary/aromatic N) is 1. The molecule has 0 spiro atoms. The maximum absolute atomic E-state index is 5.54. The molecular weight excluding hydrogens is 260 g/mol. The second kappa shape index (κ2) is 6.91. The maximum atomic E-state index is 5.54. The van der Waals surface area contributed by atoms with Gasteiger partial charge in [0.25, 0.3) is 0 Å². The van der Waals surface area contributed by atoms with Crippen molar-refractivity contribution in [3.8, 4) is 0 Å². The van der Waals surface area contributed by atoms with Crippen LogP contribution in [0.4, 0.5) is 0 Å². The summed E-state index contributed by atoms with van der Waals surface area (Å²) >= 11 is 0. The van der Waals surface area contributed by atoms with Crippen LogP contribution in [0, 0.1) is 13.8 Å². The molecule has 0 amide bonds. The molecule has 1 fully saturated rings. The average Bonchev–Trinajstić information content (AvgIpc) is 2.52. The van der Waals surface area contributed by atoms with E-state index in [2.05, 4.69) is 63.2 Å². The first-order valence-corrected chi connectivity index (χ1v) is 8.10. The Bertz CT molecular complexity index is 468. The third-order valence-electron chi connectivity index (χ3n) is 5.32. The Morgan fingerprint density at radius 2 is 1.95 bits per heavy atom. The number of ether oxygens (including phenoxy) is 1. The van der Waals surface area contributed by atoms with E-state index in [9.17, 15) is 0 Å². The van der Waals surface area contributed by atoms with E-state index in [1.165, 1.54) is 16.7 Å². The molecule has 0 aliphatic carbocycles. The summed E-state index contributed by atoms with van der Waals surface area (Å²) in [5.74, 6) is 0. The molecule has 2 unspecified atom stereocenters. The van der Waals surface area contributed by atoms with E-state index in [1.807, 2.05) is 0 Å². The molecule has 1 aromatic carbocycles. The molecule has 118 valence electrons. The SMILES string of the molecule is CCC(C)(C(NC)c1cccc(C)c1C)N1CCOCC1. The van der Waals surface area contributed by atoms with Gasteiger partial charge < -0.3 is 10.1 Å². The Morgan fingerprint density at radius 1 is 1.29 bits per heavy atom. The van der Waals surface area contributed by atoms with Gasteiger partial charge in [0.2, 0.25) is 0 Å². The number of hydrogen-bond acceptors (Lipinski definition) is 3. The number of aryl methyl sites for hydroxylation is 1. The highest BCUT2D eigenvalue weighted by atomic mass is 16.5. The first kappa shape index (κ1) is 16.5. The minimum atomic E-state index is 0.108. The van der Waals surface area contributed by atoms with Gasteiger partial charge in [-0.15, -0.1) is 0 Å². The molecule has 2 atom stereocenters. The number of morpholine rings is 1. The number of likely N-dealkylation sites (N-methyl/N-ethyl adjacent to an activating group) is 1. The van der Waals surface area contributed by atoms with E-state index in [0.717, 1.165) is 32.7 Å². The molecule has 0 radical (unpaired) electrons. The smallest absolute Gasteiger partial charge is 0.0594 e. The van der Waals surface area contributed by atoms with Crippen molar-refractivity contribution in [2.45, 2.75) is 45.7 Å². The van der Waals surface area contributed by atoms with Crippen molar-refractivity contribution < 1.29 is 4.74 Å². The fraction of sp³-hybridized carbons (Fsp3) is 0.667. The quantitative estimate of drug-likeness (QED) is 0.902.